The number of aliphatic imine (C=N–C) groups is 1. The highest BCUT2D eigenvalue weighted by molar-refractivity contribution is 7.92. The van der Waals surface area contributed by atoms with Crippen molar-refractivity contribution < 1.29 is 21.6 Å². The summed E-state index contributed by atoms with van der Waals surface area (Å²) in [6.07, 6.45) is 3.03. The van der Waals surface area contributed by atoms with Crippen LogP contribution in [0.5, 0.6) is 0 Å². The van der Waals surface area contributed by atoms with Gasteiger partial charge in [0.05, 0.1) is 16.8 Å². The normalized spacial score (nSPS) is 16.8. The van der Waals surface area contributed by atoms with E-state index in [0.29, 0.717) is 28.9 Å². The topological polar surface area (TPSA) is 134 Å². The summed E-state index contributed by atoms with van der Waals surface area (Å²) < 4.78 is 52.7. The maximum atomic E-state index is 13.0. The van der Waals surface area contributed by atoms with Crippen LogP contribution in [0.1, 0.15) is 37.3 Å². The van der Waals surface area contributed by atoms with Crippen LogP contribution in [0.2, 0.25) is 0 Å². The zero-order chi connectivity index (χ0) is 23.5. The molecule has 9 nitrogen and oxygen atoms in total. The molecule has 1 unspecified atom stereocenters. The van der Waals surface area contributed by atoms with Gasteiger partial charge in [0.25, 0.3) is 10.0 Å². The first-order chi connectivity index (χ1) is 15.0. The van der Waals surface area contributed by atoms with Crippen LogP contribution in [-0.2, 0) is 24.8 Å². The number of carbonyl (C=O) groups is 1. The van der Waals surface area contributed by atoms with E-state index in [1.807, 2.05) is 6.92 Å². The molecule has 1 amide bonds. The zero-order valence-electron chi connectivity index (χ0n) is 18.0. The van der Waals surface area contributed by atoms with Crippen LogP contribution in [0.15, 0.2) is 52.4 Å². The van der Waals surface area contributed by atoms with E-state index in [0.717, 1.165) is 19.1 Å². The van der Waals surface area contributed by atoms with Gasteiger partial charge in [0.1, 0.15) is 11.9 Å². The molecule has 0 bridgehead atoms. The lowest BCUT2D eigenvalue weighted by Crippen LogP contribution is -2.30. The quantitative estimate of drug-likeness (QED) is 0.536. The molecule has 0 saturated carbocycles. The molecule has 3 N–H and O–H groups in total. The minimum Gasteiger partial charge on any atom is -0.324 e. The predicted molar refractivity (Wildman–Crippen MR) is 125 cm³/mol. The zero-order valence-corrected chi connectivity index (χ0v) is 19.7. The second kappa shape index (κ2) is 9.29. The van der Waals surface area contributed by atoms with E-state index in [4.69, 9.17) is 0 Å². The third kappa shape index (κ3) is 5.65. The molecule has 1 heterocycles. The lowest BCUT2D eigenvalue weighted by Gasteiger charge is -2.15. The van der Waals surface area contributed by atoms with Crippen molar-refractivity contribution in [2.24, 2.45) is 4.99 Å². The van der Waals surface area contributed by atoms with Gasteiger partial charge in [-0.15, -0.1) is 0 Å². The summed E-state index contributed by atoms with van der Waals surface area (Å²) in [5.41, 5.74) is 1.89. The Hall–Kier alpha value is -2.92. The van der Waals surface area contributed by atoms with E-state index in [1.54, 1.807) is 37.3 Å². The van der Waals surface area contributed by atoms with Crippen LogP contribution in [0, 0.1) is 6.92 Å². The van der Waals surface area contributed by atoms with Crippen molar-refractivity contribution >= 4 is 43.2 Å². The van der Waals surface area contributed by atoms with Gasteiger partial charge in [-0.3, -0.25) is 19.2 Å². The molecular weight excluding hydrogens is 452 g/mol. The number of nitrogens with zero attached hydrogens (tertiary/aromatic N) is 1. The lowest BCUT2D eigenvalue weighted by molar-refractivity contribution is -0.117. The minimum absolute atomic E-state index is 0.128. The molecule has 2 aromatic rings. The number of hydrogen-bond acceptors (Lipinski definition) is 6. The van der Waals surface area contributed by atoms with Crippen LogP contribution >= 0.6 is 0 Å². The highest BCUT2D eigenvalue weighted by Gasteiger charge is 2.31. The largest absolute Gasteiger partial charge is 0.324 e. The number of benzene rings is 2. The maximum Gasteiger partial charge on any atom is 0.263 e. The van der Waals surface area contributed by atoms with Gasteiger partial charge < -0.3 is 5.32 Å². The van der Waals surface area contributed by atoms with Crippen molar-refractivity contribution in [1.29, 1.82) is 0 Å². The number of hydrogen-bond donors (Lipinski definition) is 3. The van der Waals surface area contributed by atoms with Gasteiger partial charge in [-0.25, -0.2) is 16.8 Å². The first-order valence-corrected chi connectivity index (χ1v) is 13.5. The number of amidine groups is 1. The fourth-order valence-electron chi connectivity index (χ4n) is 3.27. The molecule has 11 heteroatoms. The molecule has 1 aliphatic heterocycles. The Morgan fingerprint density at radius 3 is 2.59 bits per heavy atom. The van der Waals surface area contributed by atoms with E-state index in [-0.39, 0.29) is 10.7 Å². The Morgan fingerprint density at radius 2 is 1.91 bits per heavy atom. The summed E-state index contributed by atoms with van der Waals surface area (Å²) in [4.78, 5) is 17.6. The summed E-state index contributed by atoms with van der Waals surface area (Å²) in [5.74, 6) is -0.274. The Labute approximate surface area is 188 Å². The Balaban J connectivity index is 1.89. The SMILES string of the molecule is CCCCC(N=C1NS(=O)(=O)c2ccccc21)C(=O)Nc1ccc(C)c(NS(C)(=O)=O)c1. The Bertz CT molecular complexity index is 1270. The van der Waals surface area contributed by atoms with Gasteiger partial charge in [0.2, 0.25) is 15.9 Å². The number of aryl methyl sites for hydroxylation is 1. The Kier molecular flexibility index (Phi) is 6.89. The average molecular weight is 479 g/mol. The number of amides is 1. The number of nitrogens with one attached hydrogen (secondary N) is 3. The van der Waals surface area contributed by atoms with Gasteiger partial charge in [0.15, 0.2) is 0 Å². The van der Waals surface area contributed by atoms with Crippen LogP contribution < -0.4 is 14.8 Å². The minimum atomic E-state index is -3.71. The van der Waals surface area contributed by atoms with E-state index < -0.39 is 32.0 Å². The van der Waals surface area contributed by atoms with Crippen LogP contribution in [-0.4, -0.2) is 40.9 Å². The number of unbranched alkanes of at least 4 members (excludes halogenated alkanes) is 1. The van der Waals surface area contributed by atoms with Crippen LogP contribution in [0.25, 0.3) is 0 Å². The monoisotopic (exact) mass is 478 g/mol. The molecule has 1 atom stereocenters. The third-order valence-electron chi connectivity index (χ3n) is 4.88. The summed E-state index contributed by atoms with van der Waals surface area (Å²) in [7, 11) is -7.19. The fraction of sp³-hybridized carbons (Fsp3) is 0.333. The second-order valence-corrected chi connectivity index (χ2v) is 11.0. The highest BCUT2D eigenvalue weighted by atomic mass is 32.2. The second-order valence-electron chi connectivity index (χ2n) is 7.63. The molecule has 0 aliphatic carbocycles. The van der Waals surface area contributed by atoms with E-state index in [2.05, 4.69) is 19.8 Å². The maximum absolute atomic E-state index is 13.0. The average Bonchev–Trinajstić information content (AvgIpc) is 2.97. The van der Waals surface area contributed by atoms with Crippen molar-refractivity contribution in [2.45, 2.75) is 44.0 Å². The molecule has 172 valence electrons. The van der Waals surface area contributed by atoms with Gasteiger partial charge in [-0.1, -0.05) is 38.0 Å². The number of fused-ring (bicyclic) bond motifs is 1. The van der Waals surface area contributed by atoms with Gasteiger partial charge in [-0.2, -0.15) is 0 Å². The summed E-state index contributed by atoms with van der Waals surface area (Å²) >= 11 is 0. The van der Waals surface area contributed by atoms with Gasteiger partial charge in [-0.05, 0) is 43.2 Å². The number of sulfonamides is 2. The number of carbonyl (C=O) groups excluding carboxylic acids is 1. The summed E-state index contributed by atoms with van der Waals surface area (Å²) in [5, 5.41) is 2.76. The van der Waals surface area contributed by atoms with Gasteiger partial charge in [0, 0.05) is 11.3 Å². The van der Waals surface area contributed by atoms with Crippen LogP contribution in [0.3, 0.4) is 0 Å². The first kappa shape index (κ1) is 23.7. The molecule has 0 spiro atoms. The van der Waals surface area contributed by atoms with E-state index in [1.165, 1.54) is 12.1 Å². The van der Waals surface area contributed by atoms with E-state index in [9.17, 15) is 21.6 Å². The number of rotatable bonds is 8. The standard InChI is InChI=1S/C21H26N4O5S2/c1-4-5-9-17(23-20-16-8-6-7-10-19(16)32(29,30)25-20)21(26)22-15-12-11-14(2)18(13-15)24-31(3,27)28/h6-8,10-13,17,24H,4-5,9H2,1-3H3,(H,22,26)(H,23,25). The predicted octanol–water partition coefficient (Wildman–Crippen LogP) is 2.60. The lowest BCUT2D eigenvalue weighted by atomic mass is 10.1. The van der Waals surface area contributed by atoms with Crippen molar-refractivity contribution in [1.82, 2.24) is 4.72 Å². The molecule has 1 aliphatic rings. The third-order valence-corrected chi connectivity index (χ3v) is 6.87. The molecule has 0 saturated heterocycles. The number of anilines is 2. The summed E-state index contributed by atoms with van der Waals surface area (Å²) in [6.45, 7) is 3.73. The van der Waals surface area contributed by atoms with Crippen molar-refractivity contribution in [2.75, 3.05) is 16.3 Å². The van der Waals surface area contributed by atoms with E-state index >= 15 is 0 Å². The highest BCUT2D eigenvalue weighted by Crippen LogP contribution is 2.24. The Morgan fingerprint density at radius 1 is 1.19 bits per heavy atom. The molecule has 3 rings (SSSR count). The van der Waals surface area contributed by atoms with Crippen LogP contribution in [0.4, 0.5) is 11.4 Å². The molecule has 0 fully saturated rings. The molecule has 0 radical (unpaired) electrons. The van der Waals surface area contributed by atoms with Crippen molar-refractivity contribution in [3.8, 4) is 0 Å². The molecular formula is C21H26N4O5S2. The first-order valence-electron chi connectivity index (χ1n) is 10.1. The smallest absolute Gasteiger partial charge is 0.263 e. The molecule has 2 aromatic carbocycles. The van der Waals surface area contributed by atoms with Crippen molar-refractivity contribution in [3.05, 3.63) is 53.6 Å². The fourth-order valence-corrected chi connectivity index (χ4v) is 5.13. The molecule has 32 heavy (non-hydrogen) atoms. The summed E-state index contributed by atoms with van der Waals surface area (Å²) in [6, 6.07) is 10.5. The van der Waals surface area contributed by atoms with Crippen molar-refractivity contribution in [3.63, 3.8) is 0 Å². The van der Waals surface area contributed by atoms with Gasteiger partial charge >= 0.3 is 0 Å². The molecule has 0 aromatic heterocycles.